The van der Waals surface area contributed by atoms with Gasteiger partial charge in [-0.25, -0.2) is 19.6 Å². The molecule has 1 N–H and O–H groups in total. The number of aryl methyl sites for hydroxylation is 2. The van der Waals surface area contributed by atoms with E-state index in [1.165, 1.54) is 4.88 Å². The normalized spacial score (nSPS) is 12.5. The van der Waals surface area contributed by atoms with Crippen LogP contribution in [0.1, 0.15) is 28.5 Å². The van der Waals surface area contributed by atoms with E-state index in [4.69, 9.17) is 9.37 Å². The number of aromatic nitrogens is 5. The fourth-order valence-corrected chi connectivity index (χ4v) is 3.47. The molecule has 0 saturated carbocycles. The van der Waals surface area contributed by atoms with Crippen molar-refractivity contribution in [3.63, 3.8) is 0 Å². The molecule has 3 aromatic heterocycles. The Morgan fingerprint density at radius 1 is 1.20 bits per heavy atom. The Labute approximate surface area is 149 Å². The Hall–Kier alpha value is -2.33. The van der Waals surface area contributed by atoms with E-state index in [9.17, 15) is 0 Å². The van der Waals surface area contributed by atoms with E-state index in [1.807, 2.05) is 18.9 Å². The van der Waals surface area contributed by atoms with Gasteiger partial charge in [-0.15, -0.1) is 11.3 Å². The second-order valence-electron chi connectivity index (χ2n) is 5.69. The summed E-state index contributed by atoms with van der Waals surface area (Å²) < 4.78 is 9.83. The summed E-state index contributed by atoms with van der Waals surface area (Å²) in [5, 5.41) is 11.9. The summed E-state index contributed by atoms with van der Waals surface area (Å²) in [7, 11) is 3.62. The molecule has 0 bridgehead atoms. The molecule has 0 fully saturated rings. The molecule has 134 valence electrons. The lowest BCUT2D eigenvalue weighted by molar-refractivity contribution is 0.210. The molecular formula is C15H21N7O2S. The van der Waals surface area contributed by atoms with E-state index < -0.39 is 0 Å². The quantitative estimate of drug-likeness (QED) is 0.634. The number of methoxy groups -OCH3 is 1. The molecule has 0 spiro atoms. The number of nitrogens with zero attached hydrogens (tertiary/aromatic N) is 6. The number of thiazole rings is 1. The smallest absolute Gasteiger partial charge is 0.245 e. The van der Waals surface area contributed by atoms with Crippen LogP contribution in [0.15, 0.2) is 4.63 Å². The van der Waals surface area contributed by atoms with Crippen molar-refractivity contribution in [2.24, 2.45) is 0 Å². The van der Waals surface area contributed by atoms with Gasteiger partial charge >= 0.3 is 0 Å². The Bertz CT molecular complexity index is 863. The van der Waals surface area contributed by atoms with Gasteiger partial charge in [0.2, 0.25) is 11.3 Å². The number of fused-ring (bicyclic) bond motifs is 1. The van der Waals surface area contributed by atoms with Crippen LogP contribution in [0.2, 0.25) is 0 Å². The maximum atomic E-state index is 5.09. The first-order valence-corrected chi connectivity index (χ1v) is 8.72. The zero-order valence-electron chi connectivity index (χ0n) is 14.9. The van der Waals surface area contributed by atoms with E-state index in [0.29, 0.717) is 36.1 Å². The zero-order chi connectivity index (χ0) is 18.0. The zero-order valence-corrected chi connectivity index (χ0v) is 15.7. The standard InChI is InChI=1S/C15H21N7O2S/c1-8(11-9(2)25-10(3)17-11)22(4)15-14(16-6-7-23-5)18-12-13(19-15)21-24-20-12/h8H,6-7H2,1-5H3,(H,16,18,20)/t8-/m0/s1. The van der Waals surface area contributed by atoms with Crippen molar-refractivity contribution in [2.75, 3.05) is 37.5 Å². The van der Waals surface area contributed by atoms with Crippen molar-refractivity contribution in [3.05, 3.63) is 15.6 Å². The van der Waals surface area contributed by atoms with Gasteiger partial charge in [-0.05, 0) is 31.1 Å². The average Bonchev–Trinajstić information content (AvgIpc) is 3.18. The lowest BCUT2D eigenvalue weighted by Crippen LogP contribution is -2.25. The number of anilines is 2. The summed E-state index contributed by atoms with van der Waals surface area (Å²) in [6.45, 7) is 7.34. The van der Waals surface area contributed by atoms with Gasteiger partial charge in [0.1, 0.15) is 0 Å². The molecular weight excluding hydrogens is 342 g/mol. The van der Waals surface area contributed by atoms with Gasteiger partial charge in [0.15, 0.2) is 11.6 Å². The molecule has 0 aliphatic carbocycles. The molecule has 1 atom stereocenters. The lowest BCUT2D eigenvalue weighted by Gasteiger charge is -2.26. The third-order valence-electron chi connectivity index (χ3n) is 3.94. The second kappa shape index (κ2) is 7.28. The van der Waals surface area contributed by atoms with Crippen LogP contribution in [0, 0.1) is 13.8 Å². The Morgan fingerprint density at radius 3 is 2.56 bits per heavy atom. The summed E-state index contributed by atoms with van der Waals surface area (Å²) >= 11 is 1.69. The van der Waals surface area contributed by atoms with Crippen molar-refractivity contribution < 1.29 is 9.37 Å². The van der Waals surface area contributed by atoms with Gasteiger partial charge in [0.05, 0.1) is 23.4 Å². The molecule has 10 heteroatoms. The molecule has 0 aliphatic heterocycles. The third kappa shape index (κ3) is 3.54. The number of nitrogens with one attached hydrogen (secondary N) is 1. The lowest BCUT2D eigenvalue weighted by atomic mass is 10.2. The van der Waals surface area contributed by atoms with E-state index >= 15 is 0 Å². The van der Waals surface area contributed by atoms with E-state index in [1.54, 1.807) is 18.4 Å². The summed E-state index contributed by atoms with van der Waals surface area (Å²) in [5.41, 5.74) is 1.77. The Kier molecular flexibility index (Phi) is 5.09. The number of rotatable bonds is 7. The monoisotopic (exact) mass is 363 g/mol. The topological polar surface area (TPSA) is 102 Å². The highest BCUT2D eigenvalue weighted by atomic mass is 32.1. The van der Waals surface area contributed by atoms with Crippen LogP contribution in [0.4, 0.5) is 11.6 Å². The highest BCUT2D eigenvalue weighted by molar-refractivity contribution is 7.11. The third-order valence-corrected chi connectivity index (χ3v) is 4.85. The minimum Gasteiger partial charge on any atom is -0.383 e. The molecule has 0 aliphatic rings. The molecule has 9 nitrogen and oxygen atoms in total. The summed E-state index contributed by atoms with van der Waals surface area (Å²) in [6, 6.07) is 0.0273. The highest BCUT2D eigenvalue weighted by Crippen LogP contribution is 2.32. The first-order valence-electron chi connectivity index (χ1n) is 7.91. The molecule has 25 heavy (non-hydrogen) atoms. The molecule has 3 heterocycles. The van der Waals surface area contributed by atoms with E-state index in [2.05, 4.69) is 44.4 Å². The average molecular weight is 363 g/mol. The summed E-state index contributed by atoms with van der Waals surface area (Å²) in [4.78, 5) is 16.9. The van der Waals surface area contributed by atoms with Crippen molar-refractivity contribution in [3.8, 4) is 0 Å². The highest BCUT2D eigenvalue weighted by Gasteiger charge is 2.23. The van der Waals surface area contributed by atoms with Crippen LogP contribution in [0.3, 0.4) is 0 Å². The molecule has 0 radical (unpaired) electrons. The minimum absolute atomic E-state index is 0.0273. The van der Waals surface area contributed by atoms with Crippen molar-refractivity contribution in [2.45, 2.75) is 26.8 Å². The molecule has 0 saturated heterocycles. The predicted octanol–water partition coefficient (Wildman–Crippen LogP) is 2.34. The van der Waals surface area contributed by atoms with Gasteiger partial charge in [-0.2, -0.15) is 0 Å². The number of ether oxygens (including phenoxy) is 1. The van der Waals surface area contributed by atoms with Gasteiger partial charge in [0, 0.05) is 25.6 Å². The van der Waals surface area contributed by atoms with E-state index in [-0.39, 0.29) is 6.04 Å². The molecule has 0 aromatic carbocycles. The Morgan fingerprint density at radius 2 is 1.92 bits per heavy atom. The van der Waals surface area contributed by atoms with Gasteiger partial charge in [0.25, 0.3) is 0 Å². The van der Waals surface area contributed by atoms with Crippen LogP contribution in [-0.4, -0.2) is 52.6 Å². The summed E-state index contributed by atoms with van der Waals surface area (Å²) in [6.07, 6.45) is 0. The predicted molar refractivity (Wildman–Crippen MR) is 96.2 cm³/mol. The van der Waals surface area contributed by atoms with Crippen LogP contribution in [0.5, 0.6) is 0 Å². The van der Waals surface area contributed by atoms with Gasteiger partial charge in [-0.1, -0.05) is 0 Å². The first-order chi connectivity index (χ1) is 12.0. The fourth-order valence-electron chi connectivity index (χ4n) is 2.56. The van der Waals surface area contributed by atoms with Crippen LogP contribution < -0.4 is 10.2 Å². The molecule has 0 amide bonds. The van der Waals surface area contributed by atoms with Crippen LogP contribution in [-0.2, 0) is 4.74 Å². The number of hydrogen-bond acceptors (Lipinski definition) is 10. The van der Waals surface area contributed by atoms with E-state index in [0.717, 1.165) is 10.7 Å². The van der Waals surface area contributed by atoms with Crippen molar-refractivity contribution >= 4 is 34.3 Å². The Balaban J connectivity index is 1.96. The summed E-state index contributed by atoms with van der Waals surface area (Å²) in [5.74, 6) is 1.27. The number of hydrogen-bond donors (Lipinski definition) is 1. The van der Waals surface area contributed by atoms with Gasteiger partial charge < -0.3 is 15.0 Å². The maximum absolute atomic E-state index is 5.09. The SMILES string of the molecule is COCCNc1nc2nonc2nc1N(C)[C@@H](C)c1nc(C)sc1C. The second-order valence-corrected chi connectivity index (χ2v) is 7.10. The van der Waals surface area contributed by atoms with Crippen molar-refractivity contribution in [1.29, 1.82) is 0 Å². The minimum atomic E-state index is 0.0273. The maximum Gasteiger partial charge on any atom is 0.245 e. The van der Waals surface area contributed by atoms with Crippen molar-refractivity contribution in [1.82, 2.24) is 25.3 Å². The fraction of sp³-hybridized carbons (Fsp3) is 0.533. The molecule has 0 unspecified atom stereocenters. The molecule has 3 rings (SSSR count). The van der Waals surface area contributed by atoms with Crippen LogP contribution in [0.25, 0.3) is 11.3 Å². The van der Waals surface area contributed by atoms with Gasteiger partial charge in [-0.3, -0.25) is 0 Å². The largest absolute Gasteiger partial charge is 0.383 e. The first kappa shape index (κ1) is 17.5. The molecule has 3 aromatic rings. The van der Waals surface area contributed by atoms with Crippen LogP contribution >= 0.6 is 11.3 Å².